The number of hydrazone groups is 1. The van der Waals surface area contributed by atoms with Crippen molar-refractivity contribution in [3.63, 3.8) is 0 Å². The molecular formula is C26H25N5O2. The van der Waals surface area contributed by atoms with Crippen LogP contribution in [0.2, 0.25) is 0 Å². The second kappa shape index (κ2) is 9.32. The van der Waals surface area contributed by atoms with Crippen molar-refractivity contribution < 1.29 is 9.59 Å². The summed E-state index contributed by atoms with van der Waals surface area (Å²) in [5.41, 5.74) is 3.51. The van der Waals surface area contributed by atoms with Crippen molar-refractivity contribution in [3.05, 3.63) is 78.1 Å². The molecular weight excluding hydrogens is 414 g/mol. The Morgan fingerprint density at radius 2 is 1.73 bits per heavy atom. The summed E-state index contributed by atoms with van der Waals surface area (Å²) in [6.45, 7) is 1.51. The number of nitrogens with zero attached hydrogens (tertiary/aromatic N) is 5. The first-order valence-corrected chi connectivity index (χ1v) is 11.3. The fourth-order valence-corrected chi connectivity index (χ4v) is 4.53. The fourth-order valence-electron chi connectivity index (χ4n) is 4.53. The molecule has 2 aliphatic rings. The topological polar surface area (TPSA) is 78.8 Å². The van der Waals surface area contributed by atoms with Crippen molar-refractivity contribution >= 4 is 24.2 Å². The number of anilines is 1. The molecule has 1 amide bonds. The molecule has 1 aromatic heterocycles. The number of rotatable bonds is 5. The molecule has 0 spiro atoms. The van der Waals surface area contributed by atoms with Crippen molar-refractivity contribution in [2.75, 3.05) is 18.0 Å². The number of benzene rings is 2. The monoisotopic (exact) mass is 439 g/mol. The molecule has 33 heavy (non-hydrogen) atoms. The minimum atomic E-state index is -0.0418. The summed E-state index contributed by atoms with van der Waals surface area (Å²) in [6, 6.07) is 19.4. The van der Waals surface area contributed by atoms with Crippen LogP contribution in [0, 0.1) is 5.92 Å². The van der Waals surface area contributed by atoms with Crippen LogP contribution in [0.5, 0.6) is 0 Å². The quantitative estimate of drug-likeness (QED) is 0.559. The predicted octanol–water partition coefficient (Wildman–Crippen LogP) is 4.13. The summed E-state index contributed by atoms with van der Waals surface area (Å²) < 4.78 is 0. The van der Waals surface area contributed by atoms with Crippen molar-refractivity contribution in [2.45, 2.75) is 25.3 Å². The Kier molecular flexibility index (Phi) is 5.93. The van der Waals surface area contributed by atoms with Crippen LogP contribution in [0.4, 0.5) is 5.82 Å². The van der Waals surface area contributed by atoms with E-state index in [-0.39, 0.29) is 17.9 Å². The highest BCUT2D eigenvalue weighted by Gasteiger charge is 2.34. The van der Waals surface area contributed by atoms with Crippen LogP contribution in [-0.2, 0) is 4.79 Å². The highest BCUT2D eigenvalue weighted by molar-refractivity contribution is 5.82. The Morgan fingerprint density at radius 3 is 2.45 bits per heavy atom. The third-order valence-electron chi connectivity index (χ3n) is 6.40. The predicted molar refractivity (Wildman–Crippen MR) is 127 cm³/mol. The number of amides is 1. The van der Waals surface area contributed by atoms with Gasteiger partial charge in [-0.25, -0.2) is 15.0 Å². The van der Waals surface area contributed by atoms with Gasteiger partial charge in [0.2, 0.25) is 5.91 Å². The van der Waals surface area contributed by atoms with Gasteiger partial charge >= 0.3 is 0 Å². The van der Waals surface area contributed by atoms with Crippen molar-refractivity contribution in [3.8, 4) is 11.3 Å². The average molecular weight is 440 g/mol. The zero-order valence-corrected chi connectivity index (χ0v) is 18.2. The Morgan fingerprint density at radius 1 is 0.970 bits per heavy atom. The van der Waals surface area contributed by atoms with Gasteiger partial charge in [0.25, 0.3) is 0 Å². The van der Waals surface area contributed by atoms with Gasteiger partial charge in [0.15, 0.2) is 0 Å². The van der Waals surface area contributed by atoms with Crippen LogP contribution in [0.15, 0.2) is 72.1 Å². The van der Waals surface area contributed by atoms with Gasteiger partial charge in [0.05, 0.1) is 11.7 Å². The Bertz CT molecular complexity index is 1150. The minimum Gasteiger partial charge on any atom is -0.356 e. The number of aromatic nitrogens is 2. The lowest BCUT2D eigenvalue weighted by Gasteiger charge is -2.34. The lowest BCUT2D eigenvalue weighted by atomic mass is 9.94. The summed E-state index contributed by atoms with van der Waals surface area (Å²) in [7, 11) is 0. The van der Waals surface area contributed by atoms with E-state index in [1.807, 2.05) is 42.6 Å². The second-order valence-electron chi connectivity index (χ2n) is 8.41. The van der Waals surface area contributed by atoms with E-state index < -0.39 is 0 Å². The van der Waals surface area contributed by atoms with Crippen LogP contribution in [-0.4, -0.2) is 46.5 Å². The molecule has 2 aliphatic heterocycles. The number of hydrogen-bond acceptors (Lipinski definition) is 6. The van der Waals surface area contributed by atoms with E-state index in [4.69, 9.17) is 0 Å². The Labute approximate surface area is 192 Å². The summed E-state index contributed by atoms with van der Waals surface area (Å²) in [4.78, 5) is 35.2. The van der Waals surface area contributed by atoms with Gasteiger partial charge in [0.1, 0.15) is 18.4 Å². The standard InChI is InChI=1S/C26H25N5O2/c32-17-19-6-8-20(9-7-19)23-16-25(28-18-27-23)30-14-11-22(12-15-30)26(33)31-24(10-13-29-31)21-4-2-1-3-5-21/h1-9,13,16-18,22,24H,10-12,14-15H2. The van der Waals surface area contributed by atoms with Crippen molar-refractivity contribution in [2.24, 2.45) is 11.0 Å². The minimum absolute atomic E-state index is 0.00763. The van der Waals surface area contributed by atoms with E-state index in [1.165, 1.54) is 0 Å². The summed E-state index contributed by atoms with van der Waals surface area (Å²) in [5.74, 6) is 0.919. The molecule has 3 aromatic rings. The maximum Gasteiger partial charge on any atom is 0.246 e. The molecule has 1 atom stereocenters. The number of carbonyl (C=O) groups is 2. The first-order chi connectivity index (χ1) is 16.2. The maximum atomic E-state index is 13.3. The largest absolute Gasteiger partial charge is 0.356 e. The average Bonchev–Trinajstić information content (AvgIpc) is 3.39. The van der Waals surface area contributed by atoms with Crippen LogP contribution < -0.4 is 4.90 Å². The Balaban J connectivity index is 1.24. The van der Waals surface area contributed by atoms with E-state index in [0.29, 0.717) is 5.56 Å². The van der Waals surface area contributed by atoms with Gasteiger partial charge in [-0.05, 0) is 18.4 Å². The third kappa shape index (κ3) is 4.39. The molecule has 7 heteroatoms. The van der Waals surface area contributed by atoms with Crippen LogP contribution in [0.1, 0.15) is 41.2 Å². The van der Waals surface area contributed by atoms with Crippen LogP contribution in [0.3, 0.4) is 0 Å². The van der Waals surface area contributed by atoms with Crippen LogP contribution in [0.25, 0.3) is 11.3 Å². The molecule has 0 radical (unpaired) electrons. The van der Waals surface area contributed by atoms with Gasteiger partial charge in [0, 0.05) is 48.8 Å². The first kappa shape index (κ1) is 21.0. The summed E-state index contributed by atoms with van der Waals surface area (Å²) in [6.07, 6.45) is 6.52. The Hall–Kier alpha value is -3.87. The number of aldehydes is 1. The molecule has 1 saturated heterocycles. The highest BCUT2D eigenvalue weighted by atomic mass is 16.2. The molecule has 1 fully saturated rings. The fraction of sp³-hybridized carbons (Fsp3) is 0.269. The molecule has 7 nitrogen and oxygen atoms in total. The zero-order chi connectivity index (χ0) is 22.6. The van der Waals surface area contributed by atoms with Crippen molar-refractivity contribution in [1.29, 1.82) is 0 Å². The van der Waals surface area contributed by atoms with Gasteiger partial charge in [-0.15, -0.1) is 0 Å². The number of hydrogen-bond donors (Lipinski definition) is 0. The second-order valence-corrected chi connectivity index (χ2v) is 8.41. The SMILES string of the molecule is O=Cc1ccc(-c2cc(N3CCC(C(=O)N4N=CCC4c4ccccc4)CC3)ncn2)cc1. The van der Waals surface area contributed by atoms with Crippen LogP contribution >= 0.6 is 0 Å². The molecule has 0 N–H and O–H groups in total. The molecule has 0 bridgehead atoms. The normalized spacial score (nSPS) is 18.5. The maximum absolute atomic E-state index is 13.3. The van der Waals surface area contributed by atoms with Crippen molar-refractivity contribution in [1.82, 2.24) is 15.0 Å². The van der Waals surface area contributed by atoms with E-state index >= 15 is 0 Å². The van der Waals surface area contributed by atoms with E-state index in [2.05, 4.69) is 32.1 Å². The van der Waals surface area contributed by atoms with Gasteiger partial charge in [-0.2, -0.15) is 5.10 Å². The summed E-state index contributed by atoms with van der Waals surface area (Å²) >= 11 is 0. The first-order valence-electron chi connectivity index (χ1n) is 11.3. The molecule has 0 saturated carbocycles. The number of carbonyl (C=O) groups excluding carboxylic acids is 2. The third-order valence-corrected chi connectivity index (χ3v) is 6.40. The van der Waals surface area contributed by atoms with Gasteiger partial charge in [-0.1, -0.05) is 54.6 Å². The zero-order valence-electron chi connectivity index (χ0n) is 18.2. The molecule has 2 aromatic carbocycles. The smallest absolute Gasteiger partial charge is 0.246 e. The lowest BCUT2D eigenvalue weighted by molar-refractivity contribution is -0.138. The lowest BCUT2D eigenvalue weighted by Crippen LogP contribution is -2.41. The molecule has 3 heterocycles. The molecule has 1 unspecified atom stereocenters. The van der Waals surface area contributed by atoms with E-state index in [0.717, 1.165) is 61.3 Å². The van der Waals surface area contributed by atoms with Gasteiger partial charge in [-0.3, -0.25) is 9.59 Å². The number of piperidine rings is 1. The van der Waals surface area contributed by atoms with Gasteiger partial charge < -0.3 is 4.90 Å². The highest BCUT2D eigenvalue weighted by Crippen LogP contribution is 2.32. The molecule has 5 rings (SSSR count). The summed E-state index contributed by atoms with van der Waals surface area (Å²) in [5, 5.41) is 6.09. The molecule has 0 aliphatic carbocycles. The van der Waals surface area contributed by atoms with E-state index in [1.54, 1.807) is 23.5 Å². The van der Waals surface area contributed by atoms with E-state index in [9.17, 15) is 9.59 Å². The molecule has 166 valence electrons.